The first-order chi connectivity index (χ1) is 9.36. The highest BCUT2D eigenvalue weighted by molar-refractivity contribution is 5.18. The predicted molar refractivity (Wildman–Crippen MR) is 80.8 cm³/mol. The summed E-state index contributed by atoms with van der Waals surface area (Å²) < 4.78 is 26.2. The number of rotatable bonds is 8. The zero-order valence-electron chi connectivity index (χ0n) is 13.0. The summed E-state index contributed by atoms with van der Waals surface area (Å²) in [5.74, 6) is 0.303. The fourth-order valence-electron chi connectivity index (χ4n) is 2.58. The molecular formula is C17H27F2N. The Labute approximate surface area is 121 Å². The maximum Gasteiger partial charge on any atom is 0.126 e. The number of benzene rings is 1. The van der Waals surface area contributed by atoms with E-state index in [1.54, 1.807) is 0 Å². The average Bonchev–Trinajstić information content (AvgIpc) is 2.25. The van der Waals surface area contributed by atoms with Crippen LogP contribution in [0.15, 0.2) is 18.2 Å². The van der Waals surface area contributed by atoms with E-state index < -0.39 is 11.6 Å². The summed E-state index contributed by atoms with van der Waals surface area (Å²) in [7, 11) is 0. The van der Waals surface area contributed by atoms with Gasteiger partial charge in [0.1, 0.15) is 11.6 Å². The number of hydrogen-bond donors (Lipinski definition) is 1. The molecule has 20 heavy (non-hydrogen) atoms. The lowest BCUT2D eigenvalue weighted by Crippen LogP contribution is -2.33. The molecule has 0 aromatic heterocycles. The van der Waals surface area contributed by atoms with Gasteiger partial charge in [0, 0.05) is 12.1 Å². The molecule has 0 atom stereocenters. The lowest BCUT2D eigenvalue weighted by molar-refractivity contribution is 0.361. The highest BCUT2D eigenvalue weighted by atomic mass is 19.1. The summed E-state index contributed by atoms with van der Waals surface area (Å²) in [5.41, 5.74) is 0.711. The number of nitrogens with one attached hydrogen (secondary N) is 1. The number of hydrogen-bond acceptors (Lipinski definition) is 1. The van der Waals surface area contributed by atoms with Gasteiger partial charge in [-0.2, -0.15) is 0 Å². The molecule has 3 heteroatoms. The summed E-state index contributed by atoms with van der Waals surface area (Å²) >= 11 is 0. The Hall–Kier alpha value is -0.960. The molecule has 0 saturated heterocycles. The molecule has 0 aliphatic rings. The van der Waals surface area contributed by atoms with Crippen molar-refractivity contribution in [3.63, 3.8) is 0 Å². The molecule has 0 aliphatic carbocycles. The van der Waals surface area contributed by atoms with Crippen LogP contribution in [0, 0.1) is 23.5 Å². The molecule has 0 saturated carbocycles. The van der Waals surface area contributed by atoms with Crippen molar-refractivity contribution in [3.05, 3.63) is 35.4 Å². The van der Waals surface area contributed by atoms with Crippen molar-refractivity contribution >= 4 is 0 Å². The lowest BCUT2D eigenvalue weighted by atomic mass is 9.95. The van der Waals surface area contributed by atoms with Gasteiger partial charge in [0.05, 0.1) is 0 Å². The van der Waals surface area contributed by atoms with Gasteiger partial charge in [0.15, 0.2) is 0 Å². The first-order valence-corrected chi connectivity index (χ1v) is 7.55. The molecule has 0 heterocycles. The van der Waals surface area contributed by atoms with Crippen molar-refractivity contribution in [2.24, 2.45) is 11.8 Å². The Morgan fingerprint density at radius 3 is 1.85 bits per heavy atom. The molecule has 1 aromatic rings. The van der Waals surface area contributed by atoms with Crippen LogP contribution >= 0.6 is 0 Å². The number of halogens is 2. The van der Waals surface area contributed by atoms with E-state index >= 15 is 0 Å². The van der Waals surface area contributed by atoms with Gasteiger partial charge in [-0.25, -0.2) is 8.78 Å². The van der Waals surface area contributed by atoms with Gasteiger partial charge in [-0.3, -0.25) is 0 Å². The summed E-state index contributed by atoms with van der Waals surface area (Å²) in [4.78, 5) is 0. The van der Waals surface area contributed by atoms with Crippen LogP contribution in [0.3, 0.4) is 0 Å². The highest BCUT2D eigenvalue weighted by Gasteiger charge is 2.12. The predicted octanol–water partition coefficient (Wildman–Crippen LogP) is 4.56. The van der Waals surface area contributed by atoms with Crippen molar-refractivity contribution in [1.29, 1.82) is 0 Å². The molecule has 0 radical (unpaired) electrons. The maximum absolute atomic E-state index is 13.1. The largest absolute Gasteiger partial charge is 0.314 e. The van der Waals surface area contributed by atoms with Gasteiger partial charge in [-0.1, -0.05) is 27.7 Å². The maximum atomic E-state index is 13.1. The van der Waals surface area contributed by atoms with Crippen LogP contribution in [-0.2, 0) is 6.42 Å². The molecule has 0 fully saturated rings. The van der Waals surface area contributed by atoms with Crippen LogP contribution in [0.25, 0.3) is 0 Å². The first-order valence-electron chi connectivity index (χ1n) is 7.55. The van der Waals surface area contributed by atoms with E-state index in [2.05, 4.69) is 33.0 Å². The van der Waals surface area contributed by atoms with Crippen molar-refractivity contribution in [1.82, 2.24) is 5.32 Å². The van der Waals surface area contributed by atoms with Gasteiger partial charge in [-0.15, -0.1) is 0 Å². The van der Waals surface area contributed by atoms with Crippen molar-refractivity contribution in [2.75, 3.05) is 6.54 Å². The quantitative estimate of drug-likeness (QED) is 0.737. The third kappa shape index (κ3) is 6.99. The van der Waals surface area contributed by atoms with E-state index in [1.165, 1.54) is 12.1 Å². The standard InChI is InChI=1S/C17H27F2N/c1-12(2)7-17(8-13(3)4)20-6-5-14-9-15(18)11-16(19)10-14/h9-13,17,20H,5-8H2,1-4H3. The molecule has 0 aliphatic heterocycles. The lowest BCUT2D eigenvalue weighted by Gasteiger charge is -2.22. The molecule has 1 rings (SSSR count). The van der Waals surface area contributed by atoms with Gasteiger partial charge in [0.2, 0.25) is 0 Å². The molecule has 1 nitrogen and oxygen atoms in total. The topological polar surface area (TPSA) is 12.0 Å². The van der Waals surface area contributed by atoms with Crippen LogP contribution in [0.1, 0.15) is 46.1 Å². The van der Waals surface area contributed by atoms with E-state index in [1.807, 2.05) is 0 Å². The van der Waals surface area contributed by atoms with E-state index in [-0.39, 0.29) is 0 Å². The van der Waals surface area contributed by atoms with E-state index in [0.717, 1.165) is 25.5 Å². The van der Waals surface area contributed by atoms with Gasteiger partial charge in [-0.05, 0) is 55.3 Å². The second kappa shape index (κ2) is 8.35. The minimum absolute atomic E-state index is 0.480. The second-order valence-electron chi connectivity index (χ2n) is 6.44. The average molecular weight is 283 g/mol. The zero-order chi connectivity index (χ0) is 15.1. The van der Waals surface area contributed by atoms with Crippen LogP contribution in [0.2, 0.25) is 0 Å². The molecule has 114 valence electrons. The molecule has 0 amide bonds. The Bertz CT molecular complexity index is 372. The van der Waals surface area contributed by atoms with E-state index in [4.69, 9.17) is 0 Å². The van der Waals surface area contributed by atoms with Gasteiger partial charge >= 0.3 is 0 Å². The second-order valence-corrected chi connectivity index (χ2v) is 6.44. The minimum atomic E-state index is -0.499. The van der Waals surface area contributed by atoms with Crippen LogP contribution < -0.4 is 5.32 Å². The van der Waals surface area contributed by atoms with E-state index in [0.29, 0.717) is 29.9 Å². The van der Waals surface area contributed by atoms with Gasteiger partial charge < -0.3 is 5.32 Å². The first kappa shape index (κ1) is 17.1. The summed E-state index contributed by atoms with van der Waals surface area (Å²) in [6, 6.07) is 4.21. The molecule has 1 N–H and O–H groups in total. The minimum Gasteiger partial charge on any atom is -0.314 e. The summed E-state index contributed by atoms with van der Waals surface area (Å²) in [6.45, 7) is 9.63. The van der Waals surface area contributed by atoms with Crippen LogP contribution in [0.4, 0.5) is 8.78 Å². The van der Waals surface area contributed by atoms with Crippen molar-refractivity contribution in [3.8, 4) is 0 Å². The van der Waals surface area contributed by atoms with Crippen molar-refractivity contribution < 1.29 is 8.78 Å². The van der Waals surface area contributed by atoms with Crippen LogP contribution in [0.5, 0.6) is 0 Å². The van der Waals surface area contributed by atoms with E-state index in [9.17, 15) is 8.78 Å². The Morgan fingerprint density at radius 2 is 1.40 bits per heavy atom. The Kier molecular flexibility index (Phi) is 7.14. The molecule has 0 unspecified atom stereocenters. The third-order valence-electron chi connectivity index (χ3n) is 3.28. The van der Waals surface area contributed by atoms with Gasteiger partial charge in [0.25, 0.3) is 0 Å². The van der Waals surface area contributed by atoms with Crippen LogP contribution in [-0.4, -0.2) is 12.6 Å². The summed E-state index contributed by atoms with van der Waals surface area (Å²) in [5, 5.41) is 3.52. The third-order valence-corrected chi connectivity index (χ3v) is 3.28. The Morgan fingerprint density at radius 1 is 0.900 bits per heavy atom. The highest BCUT2D eigenvalue weighted by Crippen LogP contribution is 2.14. The summed E-state index contributed by atoms with van der Waals surface area (Å²) in [6.07, 6.45) is 2.92. The Balaban J connectivity index is 2.46. The normalized spacial score (nSPS) is 11.8. The molecule has 1 aromatic carbocycles. The molecular weight excluding hydrogens is 256 g/mol. The zero-order valence-corrected chi connectivity index (χ0v) is 13.0. The SMILES string of the molecule is CC(C)CC(CC(C)C)NCCc1cc(F)cc(F)c1. The van der Waals surface area contributed by atoms with Crippen molar-refractivity contribution in [2.45, 2.75) is 53.0 Å². The monoisotopic (exact) mass is 283 g/mol. The fraction of sp³-hybridized carbons (Fsp3) is 0.647. The molecule has 0 bridgehead atoms. The molecule has 0 spiro atoms. The smallest absolute Gasteiger partial charge is 0.126 e. The fourth-order valence-corrected chi connectivity index (χ4v) is 2.58.